The minimum Gasteiger partial charge on any atom is -0.324 e. The largest absolute Gasteiger partial charge is 0.324 e. The molecule has 0 saturated carbocycles. The minimum absolute atomic E-state index is 0.265. The Balaban J connectivity index is 1.74. The summed E-state index contributed by atoms with van der Waals surface area (Å²) in [4.78, 5) is 21.1. The van der Waals surface area contributed by atoms with Crippen LogP contribution in [0.25, 0.3) is 0 Å². The molecule has 138 valence electrons. The average Bonchev–Trinajstić information content (AvgIpc) is 2.65. The fourth-order valence-corrected chi connectivity index (χ4v) is 2.68. The van der Waals surface area contributed by atoms with Crippen LogP contribution in [0.4, 0.5) is 17.3 Å². The van der Waals surface area contributed by atoms with Crippen molar-refractivity contribution in [2.45, 2.75) is 33.6 Å². The molecule has 1 amide bonds. The van der Waals surface area contributed by atoms with E-state index in [4.69, 9.17) is 0 Å². The van der Waals surface area contributed by atoms with Crippen LogP contribution in [0.3, 0.4) is 0 Å². The monoisotopic (exact) mass is 360 g/mol. The molecular weight excluding hydrogens is 336 g/mol. The molecule has 0 aliphatic rings. The number of carbonyl (C=O) groups is 1. The summed E-state index contributed by atoms with van der Waals surface area (Å²) >= 11 is 0. The van der Waals surface area contributed by atoms with Crippen molar-refractivity contribution in [2.24, 2.45) is 0 Å². The van der Waals surface area contributed by atoms with Crippen LogP contribution >= 0.6 is 0 Å². The Labute approximate surface area is 159 Å². The number of anilines is 3. The molecule has 0 bridgehead atoms. The Hall–Kier alpha value is -3.21. The number of nitrogens with one attached hydrogen (secondary N) is 2. The average molecular weight is 360 g/mol. The molecule has 1 heterocycles. The summed E-state index contributed by atoms with van der Waals surface area (Å²) in [5, 5.41) is 6.07. The number of aryl methyl sites for hydroxylation is 2. The summed E-state index contributed by atoms with van der Waals surface area (Å²) in [7, 11) is 0. The molecule has 2 aromatic carbocycles. The van der Waals surface area contributed by atoms with Crippen LogP contribution in [0.5, 0.6) is 0 Å². The van der Waals surface area contributed by atoms with E-state index >= 15 is 0 Å². The molecule has 5 nitrogen and oxygen atoms in total. The summed E-state index contributed by atoms with van der Waals surface area (Å²) < 4.78 is 0. The van der Waals surface area contributed by atoms with Crippen LogP contribution in [0, 0.1) is 13.8 Å². The first-order valence-corrected chi connectivity index (χ1v) is 9.01. The second kappa shape index (κ2) is 7.99. The van der Waals surface area contributed by atoms with Crippen molar-refractivity contribution in [1.29, 1.82) is 0 Å². The molecule has 3 rings (SSSR count). The molecule has 27 heavy (non-hydrogen) atoms. The van der Waals surface area contributed by atoms with Gasteiger partial charge in [-0.2, -0.15) is 0 Å². The van der Waals surface area contributed by atoms with Crippen molar-refractivity contribution in [1.82, 2.24) is 9.97 Å². The van der Waals surface area contributed by atoms with E-state index in [-0.39, 0.29) is 5.91 Å². The van der Waals surface area contributed by atoms with Gasteiger partial charge in [-0.05, 0) is 60.7 Å². The summed E-state index contributed by atoms with van der Waals surface area (Å²) in [6.45, 7) is 8.32. The van der Waals surface area contributed by atoms with E-state index in [1.54, 1.807) is 12.3 Å². The molecule has 0 saturated heterocycles. The fraction of sp³-hybridized carbons (Fsp3) is 0.227. The lowest BCUT2D eigenvalue weighted by atomic mass is 10.0. The summed E-state index contributed by atoms with van der Waals surface area (Å²) in [5.41, 5.74) is 5.44. The fourth-order valence-electron chi connectivity index (χ4n) is 2.68. The van der Waals surface area contributed by atoms with E-state index in [1.165, 1.54) is 5.56 Å². The van der Waals surface area contributed by atoms with E-state index in [0.29, 0.717) is 17.6 Å². The summed E-state index contributed by atoms with van der Waals surface area (Å²) in [6.07, 6.45) is 1.58. The van der Waals surface area contributed by atoms with E-state index in [9.17, 15) is 4.79 Å². The van der Waals surface area contributed by atoms with Gasteiger partial charge in [-0.25, -0.2) is 9.97 Å². The normalized spacial score (nSPS) is 10.7. The number of benzene rings is 2. The molecule has 5 heteroatoms. The Morgan fingerprint density at radius 2 is 1.74 bits per heavy atom. The number of rotatable bonds is 5. The Kier molecular flexibility index (Phi) is 5.50. The quantitative estimate of drug-likeness (QED) is 0.655. The predicted octanol–water partition coefficient (Wildman–Crippen LogP) is 5.21. The molecule has 0 radical (unpaired) electrons. The van der Waals surface area contributed by atoms with Gasteiger partial charge in [0.15, 0.2) is 0 Å². The third-order valence-electron chi connectivity index (χ3n) is 4.36. The van der Waals surface area contributed by atoms with Gasteiger partial charge in [-0.3, -0.25) is 4.79 Å². The van der Waals surface area contributed by atoms with Gasteiger partial charge in [0.25, 0.3) is 5.91 Å². The second-order valence-corrected chi connectivity index (χ2v) is 6.94. The lowest BCUT2D eigenvalue weighted by Crippen LogP contribution is -2.15. The number of aromatic nitrogens is 2. The third-order valence-corrected chi connectivity index (χ3v) is 4.36. The highest BCUT2D eigenvalue weighted by atomic mass is 16.1. The number of nitrogens with zero attached hydrogens (tertiary/aromatic N) is 2. The number of carbonyl (C=O) groups excluding carboxylic acids is 1. The van der Waals surface area contributed by atoms with Gasteiger partial charge in [0.1, 0.15) is 5.69 Å². The van der Waals surface area contributed by atoms with Gasteiger partial charge >= 0.3 is 0 Å². The van der Waals surface area contributed by atoms with Crippen LogP contribution in [0.15, 0.2) is 54.7 Å². The molecule has 0 atom stereocenters. The number of amides is 1. The third kappa shape index (κ3) is 4.70. The van der Waals surface area contributed by atoms with Gasteiger partial charge in [-0.1, -0.05) is 38.1 Å². The summed E-state index contributed by atoms with van der Waals surface area (Å²) in [5.74, 6) is 0.584. The van der Waals surface area contributed by atoms with Crippen molar-refractivity contribution in [3.63, 3.8) is 0 Å². The van der Waals surface area contributed by atoms with Gasteiger partial charge in [-0.15, -0.1) is 0 Å². The molecular formula is C22H24N4O. The van der Waals surface area contributed by atoms with Crippen LogP contribution in [0.1, 0.15) is 46.9 Å². The maximum absolute atomic E-state index is 12.5. The first-order valence-electron chi connectivity index (χ1n) is 9.01. The van der Waals surface area contributed by atoms with Crippen molar-refractivity contribution in [3.8, 4) is 0 Å². The zero-order chi connectivity index (χ0) is 19.4. The molecule has 0 spiro atoms. The lowest BCUT2D eigenvalue weighted by molar-refractivity contribution is 0.102. The first-order chi connectivity index (χ1) is 12.9. The predicted molar refractivity (Wildman–Crippen MR) is 110 cm³/mol. The highest BCUT2D eigenvalue weighted by Crippen LogP contribution is 2.20. The highest BCUT2D eigenvalue weighted by Gasteiger charge is 2.10. The zero-order valence-electron chi connectivity index (χ0n) is 16.1. The molecule has 0 aliphatic carbocycles. The number of hydrogen-bond donors (Lipinski definition) is 2. The Bertz CT molecular complexity index is 949. The van der Waals surface area contributed by atoms with Crippen LogP contribution in [-0.4, -0.2) is 15.9 Å². The zero-order valence-corrected chi connectivity index (χ0v) is 16.1. The smallest absolute Gasteiger partial charge is 0.274 e. The second-order valence-electron chi connectivity index (χ2n) is 6.94. The van der Waals surface area contributed by atoms with E-state index < -0.39 is 0 Å². The molecule has 0 unspecified atom stereocenters. The van der Waals surface area contributed by atoms with E-state index in [2.05, 4.69) is 40.5 Å². The molecule has 3 aromatic rings. The summed E-state index contributed by atoms with van der Waals surface area (Å²) in [6, 6.07) is 15.6. The standard InChI is InChI=1S/C22H24N4O/c1-14(2)17-7-9-18(10-8-17)24-21(27)19-11-12-23-22(25-19)26-20-13-15(3)5-6-16(20)4/h5-14H,1-4H3,(H,24,27)(H,23,25,26). The van der Waals surface area contributed by atoms with Crippen LogP contribution < -0.4 is 10.6 Å². The van der Waals surface area contributed by atoms with Crippen molar-refractivity contribution < 1.29 is 4.79 Å². The van der Waals surface area contributed by atoms with E-state index in [1.807, 2.05) is 50.2 Å². The van der Waals surface area contributed by atoms with Gasteiger partial charge in [0, 0.05) is 17.6 Å². The molecule has 0 aliphatic heterocycles. The van der Waals surface area contributed by atoms with Gasteiger partial charge in [0.05, 0.1) is 0 Å². The molecule has 0 fully saturated rings. The Morgan fingerprint density at radius 1 is 1.00 bits per heavy atom. The molecule has 1 aromatic heterocycles. The molecule has 2 N–H and O–H groups in total. The highest BCUT2D eigenvalue weighted by molar-refractivity contribution is 6.03. The first kappa shape index (κ1) is 18.6. The van der Waals surface area contributed by atoms with Crippen molar-refractivity contribution in [3.05, 3.63) is 77.1 Å². The van der Waals surface area contributed by atoms with Crippen molar-refractivity contribution >= 4 is 23.2 Å². The number of hydrogen-bond acceptors (Lipinski definition) is 4. The van der Waals surface area contributed by atoms with Crippen LogP contribution in [0.2, 0.25) is 0 Å². The van der Waals surface area contributed by atoms with Crippen LogP contribution in [-0.2, 0) is 0 Å². The maximum Gasteiger partial charge on any atom is 0.274 e. The topological polar surface area (TPSA) is 66.9 Å². The van der Waals surface area contributed by atoms with Gasteiger partial charge in [0.2, 0.25) is 5.95 Å². The van der Waals surface area contributed by atoms with Gasteiger partial charge < -0.3 is 10.6 Å². The SMILES string of the molecule is Cc1ccc(C)c(Nc2nccc(C(=O)Nc3ccc(C(C)C)cc3)n2)c1. The van der Waals surface area contributed by atoms with Crippen molar-refractivity contribution in [2.75, 3.05) is 10.6 Å². The van der Waals surface area contributed by atoms with E-state index in [0.717, 1.165) is 22.5 Å². The lowest BCUT2D eigenvalue weighted by Gasteiger charge is -2.11. The maximum atomic E-state index is 12.5. The Morgan fingerprint density at radius 3 is 2.44 bits per heavy atom. The minimum atomic E-state index is -0.265.